The SMILES string of the molecule is Cc1cc(Cl)c(NC(=O)N2CC[C@H]([C@@H]3CCOC3)C2)cc1Cl. The molecule has 0 saturated carbocycles. The summed E-state index contributed by atoms with van der Waals surface area (Å²) in [5, 5.41) is 3.98. The van der Waals surface area contributed by atoms with E-state index in [4.69, 9.17) is 27.9 Å². The molecule has 2 amide bonds. The van der Waals surface area contributed by atoms with Crippen molar-refractivity contribution in [1.82, 2.24) is 4.90 Å². The van der Waals surface area contributed by atoms with Crippen molar-refractivity contribution >= 4 is 34.9 Å². The molecule has 0 aromatic heterocycles. The van der Waals surface area contributed by atoms with E-state index in [2.05, 4.69) is 5.32 Å². The quantitative estimate of drug-likeness (QED) is 0.875. The van der Waals surface area contributed by atoms with Crippen LogP contribution >= 0.6 is 23.2 Å². The number of rotatable bonds is 2. The van der Waals surface area contributed by atoms with Crippen LogP contribution in [-0.4, -0.2) is 37.2 Å². The molecule has 2 heterocycles. The van der Waals surface area contributed by atoms with Crippen molar-refractivity contribution in [2.75, 3.05) is 31.6 Å². The predicted octanol–water partition coefficient (Wildman–Crippen LogP) is 4.19. The van der Waals surface area contributed by atoms with Crippen molar-refractivity contribution < 1.29 is 9.53 Å². The lowest BCUT2D eigenvalue weighted by Gasteiger charge is -2.20. The van der Waals surface area contributed by atoms with Crippen LogP contribution in [0.5, 0.6) is 0 Å². The number of nitrogens with zero attached hydrogens (tertiary/aromatic N) is 1. The molecule has 22 heavy (non-hydrogen) atoms. The van der Waals surface area contributed by atoms with Gasteiger partial charge in [-0.05, 0) is 49.3 Å². The lowest BCUT2D eigenvalue weighted by atomic mass is 9.91. The number of urea groups is 1. The van der Waals surface area contributed by atoms with Crippen molar-refractivity contribution in [3.63, 3.8) is 0 Å². The number of hydrogen-bond acceptors (Lipinski definition) is 2. The first-order valence-corrected chi connectivity index (χ1v) is 8.39. The molecule has 6 heteroatoms. The topological polar surface area (TPSA) is 41.6 Å². The molecule has 2 saturated heterocycles. The Balaban J connectivity index is 1.62. The molecule has 3 rings (SSSR count). The molecule has 4 nitrogen and oxygen atoms in total. The average molecular weight is 343 g/mol. The van der Waals surface area contributed by atoms with Crippen LogP contribution < -0.4 is 5.32 Å². The second-order valence-corrected chi connectivity index (χ2v) is 6.94. The summed E-state index contributed by atoms with van der Waals surface area (Å²) >= 11 is 12.3. The largest absolute Gasteiger partial charge is 0.381 e. The zero-order chi connectivity index (χ0) is 15.7. The molecule has 0 spiro atoms. The van der Waals surface area contributed by atoms with Crippen molar-refractivity contribution in [1.29, 1.82) is 0 Å². The predicted molar refractivity (Wildman–Crippen MR) is 88.8 cm³/mol. The first-order valence-electron chi connectivity index (χ1n) is 7.64. The van der Waals surface area contributed by atoms with Crippen LogP contribution in [0, 0.1) is 18.8 Å². The third kappa shape index (κ3) is 3.34. The molecule has 2 atom stereocenters. The summed E-state index contributed by atoms with van der Waals surface area (Å²) in [6.07, 6.45) is 2.16. The van der Waals surface area contributed by atoms with E-state index in [1.807, 2.05) is 11.8 Å². The Labute approximate surface area is 140 Å². The normalized spacial score (nSPS) is 24.8. The van der Waals surface area contributed by atoms with Crippen LogP contribution in [0.1, 0.15) is 18.4 Å². The minimum absolute atomic E-state index is 0.108. The molecule has 2 aliphatic rings. The number of likely N-dealkylation sites (tertiary alicyclic amines) is 1. The van der Waals surface area contributed by atoms with Crippen LogP contribution in [0.15, 0.2) is 12.1 Å². The minimum atomic E-state index is -0.108. The summed E-state index contributed by atoms with van der Waals surface area (Å²) in [6, 6.07) is 3.36. The number of amides is 2. The third-order valence-electron chi connectivity index (χ3n) is 4.63. The van der Waals surface area contributed by atoms with Gasteiger partial charge in [-0.3, -0.25) is 0 Å². The summed E-state index contributed by atoms with van der Waals surface area (Å²) in [6.45, 7) is 5.14. The Bertz CT molecular complexity index is 574. The molecule has 2 fully saturated rings. The fourth-order valence-corrected chi connectivity index (χ4v) is 3.65. The summed E-state index contributed by atoms with van der Waals surface area (Å²) in [5.74, 6) is 1.14. The molecule has 120 valence electrons. The highest BCUT2D eigenvalue weighted by Gasteiger charge is 2.33. The van der Waals surface area contributed by atoms with E-state index in [0.717, 1.165) is 44.7 Å². The third-order valence-corrected chi connectivity index (χ3v) is 5.35. The second-order valence-electron chi connectivity index (χ2n) is 6.13. The standard InChI is InChI=1S/C16H20Cl2N2O2/c1-10-6-14(18)15(7-13(10)17)19-16(21)20-4-2-11(8-20)12-3-5-22-9-12/h6-7,11-12H,2-5,8-9H2,1H3,(H,19,21)/t11-,12+/m0/s1. The van der Waals surface area contributed by atoms with Crippen molar-refractivity contribution in [2.24, 2.45) is 11.8 Å². The Morgan fingerprint density at radius 1 is 1.27 bits per heavy atom. The van der Waals surface area contributed by atoms with Gasteiger partial charge in [0.25, 0.3) is 0 Å². The van der Waals surface area contributed by atoms with Crippen LogP contribution in [-0.2, 0) is 4.74 Å². The molecular formula is C16H20Cl2N2O2. The summed E-state index contributed by atoms with van der Waals surface area (Å²) in [5.41, 5.74) is 1.46. The van der Waals surface area contributed by atoms with E-state index in [9.17, 15) is 4.79 Å². The maximum absolute atomic E-state index is 12.4. The monoisotopic (exact) mass is 342 g/mol. The fourth-order valence-electron chi connectivity index (χ4n) is 3.22. The number of carbonyl (C=O) groups is 1. The van der Waals surface area contributed by atoms with E-state index in [-0.39, 0.29) is 6.03 Å². The van der Waals surface area contributed by atoms with E-state index >= 15 is 0 Å². The van der Waals surface area contributed by atoms with Gasteiger partial charge in [-0.15, -0.1) is 0 Å². The number of carbonyl (C=O) groups excluding carboxylic acids is 1. The maximum Gasteiger partial charge on any atom is 0.321 e. The van der Waals surface area contributed by atoms with Crippen LogP contribution in [0.2, 0.25) is 10.0 Å². The Hall–Kier alpha value is -0.970. The molecular weight excluding hydrogens is 323 g/mol. The Morgan fingerprint density at radius 3 is 2.82 bits per heavy atom. The van der Waals surface area contributed by atoms with Gasteiger partial charge < -0.3 is 15.0 Å². The van der Waals surface area contributed by atoms with E-state index in [1.54, 1.807) is 12.1 Å². The van der Waals surface area contributed by atoms with E-state index < -0.39 is 0 Å². The first-order chi connectivity index (χ1) is 10.5. The van der Waals surface area contributed by atoms with Gasteiger partial charge >= 0.3 is 6.03 Å². The van der Waals surface area contributed by atoms with Gasteiger partial charge in [0.1, 0.15) is 0 Å². The first kappa shape index (κ1) is 15.9. The number of aryl methyl sites for hydroxylation is 1. The Kier molecular flexibility index (Phi) is 4.81. The van der Waals surface area contributed by atoms with Crippen LogP contribution in [0.25, 0.3) is 0 Å². The van der Waals surface area contributed by atoms with E-state index in [1.165, 1.54) is 0 Å². The van der Waals surface area contributed by atoms with Gasteiger partial charge in [-0.1, -0.05) is 23.2 Å². The molecule has 2 aliphatic heterocycles. The molecule has 0 radical (unpaired) electrons. The number of ether oxygens (including phenoxy) is 1. The molecule has 1 aromatic rings. The van der Waals surface area contributed by atoms with Crippen LogP contribution in [0.4, 0.5) is 10.5 Å². The highest BCUT2D eigenvalue weighted by molar-refractivity contribution is 6.36. The molecule has 0 aliphatic carbocycles. The van der Waals surface area contributed by atoms with Crippen molar-refractivity contribution in [3.05, 3.63) is 27.7 Å². The molecule has 1 aromatic carbocycles. The smallest absolute Gasteiger partial charge is 0.321 e. The highest BCUT2D eigenvalue weighted by Crippen LogP contribution is 2.32. The summed E-state index contributed by atoms with van der Waals surface area (Å²) in [7, 11) is 0. The fraction of sp³-hybridized carbons (Fsp3) is 0.562. The minimum Gasteiger partial charge on any atom is -0.381 e. The lowest BCUT2D eigenvalue weighted by Crippen LogP contribution is -2.33. The zero-order valence-corrected chi connectivity index (χ0v) is 14.1. The Morgan fingerprint density at radius 2 is 2.09 bits per heavy atom. The number of benzene rings is 1. The second kappa shape index (κ2) is 6.65. The molecule has 0 bridgehead atoms. The van der Waals surface area contributed by atoms with Gasteiger partial charge in [0, 0.05) is 31.3 Å². The zero-order valence-electron chi connectivity index (χ0n) is 12.6. The summed E-state index contributed by atoms with van der Waals surface area (Å²) in [4.78, 5) is 14.3. The van der Waals surface area contributed by atoms with Gasteiger partial charge in [-0.25, -0.2) is 4.79 Å². The average Bonchev–Trinajstić information content (AvgIpc) is 3.15. The van der Waals surface area contributed by atoms with Gasteiger partial charge in [0.15, 0.2) is 0 Å². The maximum atomic E-state index is 12.4. The van der Waals surface area contributed by atoms with Gasteiger partial charge in [-0.2, -0.15) is 0 Å². The number of halogens is 2. The van der Waals surface area contributed by atoms with Crippen molar-refractivity contribution in [2.45, 2.75) is 19.8 Å². The number of hydrogen-bond donors (Lipinski definition) is 1. The van der Waals surface area contributed by atoms with Crippen molar-refractivity contribution in [3.8, 4) is 0 Å². The lowest BCUT2D eigenvalue weighted by molar-refractivity contribution is 0.171. The van der Waals surface area contributed by atoms with Crippen LogP contribution in [0.3, 0.4) is 0 Å². The molecule has 0 unspecified atom stereocenters. The number of anilines is 1. The van der Waals surface area contributed by atoms with E-state index in [0.29, 0.717) is 27.6 Å². The highest BCUT2D eigenvalue weighted by atomic mass is 35.5. The van der Waals surface area contributed by atoms with Gasteiger partial charge in [0.2, 0.25) is 0 Å². The van der Waals surface area contributed by atoms with Gasteiger partial charge in [0.05, 0.1) is 10.7 Å². The molecule has 1 N–H and O–H groups in total. The number of nitrogens with one attached hydrogen (secondary N) is 1. The summed E-state index contributed by atoms with van der Waals surface area (Å²) < 4.78 is 5.45.